The van der Waals surface area contributed by atoms with Gasteiger partial charge in [-0.1, -0.05) is 60.2 Å². The van der Waals surface area contributed by atoms with Crippen LogP contribution in [0.1, 0.15) is 47.7 Å². The number of benzene rings is 2. The van der Waals surface area contributed by atoms with Crippen LogP contribution >= 0.6 is 0 Å². The zero-order valence-electron chi connectivity index (χ0n) is 19.8. The van der Waals surface area contributed by atoms with E-state index in [9.17, 15) is 9.59 Å². The Labute approximate surface area is 199 Å². The Hall–Kier alpha value is -3.67. The molecule has 174 valence electrons. The Morgan fingerprint density at radius 2 is 1.91 bits per heavy atom. The van der Waals surface area contributed by atoms with E-state index in [1.807, 2.05) is 80.2 Å². The number of fused-ring (bicyclic) bond motifs is 2. The minimum Gasteiger partial charge on any atom is -0.443 e. The molecule has 0 radical (unpaired) electrons. The Kier molecular flexibility index (Phi) is 5.82. The molecule has 0 spiro atoms. The average molecular weight is 456 g/mol. The number of hydrogen-bond acceptors (Lipinski definition) is 4. The van der Waals surface area contributed by atoms with E-state index >= 15 is 0 Å². The maximum absolute atomic E-state index is 14.0. The van der Waals surface area contributed by atoms with Gasteiger partial charge in [0.25, 0.3) is 0 Å². The molecule has 2 heterocycles. The van der Waals surface area contributed by atoms with Gasteiger partial charge in [-0.2, -0.15) is 5.10 Å². The number of carbonyl (C=O) groups excluding carboxylic acids is 2. The molecule has 0 saturated carbocycles. The number of amides is 2. The lowest BCUT2D eigenvalue weighted by Crippen LogP contribution is -2.47. The van der Waals surface area contributed by atoms with Gasteiger partial charge in [-0.3, -0.25) is 4.79 Å². The summed E-state index contributed by atoms with van der Waals surface area (Å²) in [4.78, 5) is 28.4. The number of aromatic nitrogens is 2. The highest BCUT2D eigenvalue weighted by atomic mass is 16.6. The van der Waals surface area contributed by atoms with Crippen molar-refractivity contribution in [2.45, 2.75) is 58.1 Å². The third-order valence-electron chi connectivity index (χ3n) is 6.99. The van der Waals surface area contributed by atoms with E-state index in [4.69, 9.17) is 4.74 Å². The summed E-state index contributed by atoms with van der Waals surface area (Å²) in [6.07, 6.45) is 4.71. The second kappa shape index (κ2) is 8.93. The molecule has 5 rings (SSSR count). The normalized spacial score (nSPS) is 20.5. The van der Waals surface area contributed by atoms with Crippen LogP contribution in [-0.4, -0.2) is 38.8 Å². The highest BCUT2D eigenvalue weighted by Crippen LogP contribution is 2.35. The van der Waals surface area contributed by atoms with Crippen molar-refractivity contribution in [3.05, 3.63) is 94.8 Å². The molecule has 2 aromatic carbocycles. The molecule has 1 saturated heterocycles. The zero-order valence-corrected chi connectivity index (χ0v) is 19.8. The van der Waals surface area contributed by atoms with E-state index in [2.05, 4.69) is 17.2 Å². The number of aryl methyl sites for hydroxylation is 1. The molecule has 1 aliphatic heterocycles. The first-order valence-electron chi connectivity index (χ1n) is 11.8. The van der Waals surface area contributed by atoms with Crippen LogP contribution in [0.15, 0.2) is 66.9 Å². The van der Waals surface area contributed by atoms with E-state index in [-0.39, 0.29) is 18.1 Å². The van der Waals surface area contributed by atoms with Crippen LogP contribution in [0.5, 0.6) is 0 Å². The summed E-state index contributed by atoms with van der Waals surface area (Å²) in [7, 11) is 0. The summed E-state index contributed by atoms with van der Waals surface area (Å²) >= 11 is 0. The lowest BCUT2D eigenvalue weighted by Gasteiger charge is -2.30. The number of allylic oxidation sites excluding steroid dienone is 2. The van der Waals surface area contributed by atoms with Crippen molar-refractivity contribution >= 4 is 17.7 Å². The Balaban J connectivity index is 1.48. The highest BCUT2D eigenvalue weighted by molar-refractivity contribution is 5.97. The smallest absolute Gasteiger partial charge is 0.417 e. The van der Waals surface area contributed by atoms with E-state index in [1.54, 1.807) is 0 Å². The molecule has 6 heteroatoms. The SMILES string of the molecule is C/C=C(\C)n1ccc(CC(C(=O)N2C(=O)OC3Cc4ccccc4CC32)c2cccc(C)c2)n1. The molecular formula is C28H29N3O3. The van der Waals surface area contributed by atoms with Crippen LogP contribution in [0.25, 0.3) is 5.70 Å². The first-order valence-corrected chi connectivity index (χ1v) is 11.8. The van der Waals surface area contributed by atoms with Crippen molar-refractivity contribution in [3.63, 3.8) is 0 Å². The van der Waals surface area contributed by atoms with Gasteiger partial charge < -0.3 is 4.74 Å². The Morgan fingerprint density at radius 1 is 1.15 bits per heavy atom. The van der Waals surface area contributed by atoms with Crippen LogP contribution < -0.4 is 0 Å². The Morgan fingerprint density at radius 3 is 2.65 bits per heavy atom. The van der Waals surface area contributed by atoms with Gasteiger partial charge in [0.2, 0.25) is 5.91 Å². The fourth-order valence-electron chi connectivity index (χ4n) is 5.03. The summed E-state index contributed by atoms with van der Waals surface area (Å²) < 4.78 is 7.52. The van der Waals surface area contributed by atoms with Crippen molar-refractivity contribution in [3.8, 4) is 0 Å². The summed E-state index contributed by atoms with van der Waals surface area (Å²) in [5, 5.41) is 4.67. The molecule has 3 atom stereocenters. The number of rotatable bonds is 5. The quantitative estimate of drug-likeness (QED) is 0.548. The molecule has 3 aromatic rings. The van der Waals surface area contributed by atoms with E-state index in [1.165, 1.54) is 16.0 Å². The second-order valence-electron chi connectivity index (χ2n) is 9.23. The topological polar surface area (TPSA) is 64.4 Å². The predicted molar refractivity (Wildman–Crippen MR) is 130 cm³/mol. The number of imide groups is 1. The van der Waals surface area contributed by atoms with Crippen LogP contribution in [0.4, 0.5) is 4.79 Å². The van der Waals surface area contributed by atoms with Gasteiger partial charge in [0.05, 0.1) is 17.7 Å². The molecule has 1 fully saturated rings. The number of carbonyl (C=O) groups is 2. The molecule has 2 amide bonds. The van der Waals surface area contributed by atoms with Crippen LogP contribution in [0.2, 0.25) is 0 Å². The average Bonchev–Trinajstić information content (AvgIpc) is 3.43. The van der Waals surface area contributed by atoms with Gasteiger partial charge in [-0.05, 0) is 49.9 Å². The van der Waals surface area contributed by atoms with Crippen LogP contribution in [0.3, 0.4) is 0 Å². The molecule has 0 N–H and O–H groups in total. The molecule has 6 nitrogen and oxygen atoms in total. The molecule has 2 aliphatic rings. The molecule has 0 bridgehead atoms. The summed E-state index contributed by atoms with van der Waals surface area (Å²) in [6.45, 7) is 5.96. The Bertz CT molecular complexity index is 1280. The molecular weight excluding hydrogens is 426 g/mol. The third kappa shape index (κ3) is 4.04. The predicted octanol–water partition coefficient (Wildman–Crippen LogP) is 4.91. The van der Waals surface area contributed by atoms with Gasteiger partial charge in [0, 0.05) is 24.7 Å². The summed E-state index contributed by atoms with van der Waals surface area (Å²) in [5.41, 5.74) is 6.13. The van der Waals surface area contributed by atoms with Gasteiger partial charge in [-0.15, -0.1) is 0 Å². The third-order valence-corrected chi connectivity index (χ3v) is 6.99. The van der Waals surface area contributed by atoms with Crippen molar-refractivity contribution in [2.24, 2.45) is 0 Å². The molecule has 3 unspecified atom stereocenters. The van der Waals surface area contributed by atoms with Crippen molar-refractivity contribution in [1.82, 2.24) is 14.7 Å². The molecule has 34 heavy (non-hydrogen) atoms. The number of nitrogens with zero attached hydrogens (tertiary/aromatic N) is 3. The first kappa shape index (κ1) is 22.1. The maximum Gasteiger partial charge on any atom is 0.417 e. The zero-order chi connectivity index (χ0) is 23.8. The van der Waals surface area contributed by atoms with Crippen LogP contribution in [0, 0.1) is 6.92 Å². The first-order chi connectivity index (χ1) is 16.4. The molecule has 1 aliphatic carbocycles. The monoisotopic (exact) mass is 455 g/mol. The lowest BCUT2D eigenvalue weighted by molar-refractivity contribution is -0.131. The van der Waals surface area contributed by atoms with Crippen molar-refractivity contribution in [1.29, 1.82) is 0 Å². The minimum atomic E-state index is -0.541. The van der Waals surface area contributed by atoms with E-state index in [0.29, 0.717) is 19.3 Å². The lowest BCUT2D eigenvalue weighted by atomic mass is 9.85. The summed E-state index contributed by atoms with van der Waals surface area (Å²) in [5.74, 6) is -0.752. The fraction of sp³-hybridized carbons (Fsp3) is 0.321. The van der Waals surface area contributed by atoms with E-state index < -0.39 is 12.0 Å². The van der Waals surface area contributed by atoms with Crippen molar-refractivity contribution < 1.29 is 14.3 Å². The van der Waals surface area contributed by atoms with Gasteiger partial charge in [0.1, 0.15) is 6.10 Å². The van der Waals surface area contributed by atoms with Gasteiger partial charge in [0.15, 0.2) is 0 Å². The maximum atomic E-state index is 14.0. The number of ether oxygens (including phenoxy) is 1. The highest BCUT2D eigenvalue weighted by Gasteiger charge is 2.49. The van der Waals surface area contributed by atoms with Gasteiger partial charge >= 0.3 is 6.09 Å². The summed E-state index contributed by atoms with van der Waals surface area (Å²) in [6, 6.07) is 17.7. The van der Waals surface area contributed by atoms with Crippen LogP contribution in [-0.2, 0) is 28.8 Å². The number of hydrogen-bond donors (Lipinski definition) is 0. The fourth-order valence-corrected chi connectivity index (χ4v) is 5.03. The minimum absolute atomic E-state index is 0.222. The largest absolute Gasteiger partial charge is 0.443 e. The molecule has 1 aromatic heterocycles. The standard InChI is InChI=1S/C28H29N3O3/c1-4-19(3)30-13-12-23(29-30)17-24(22-11-7-8-18(2)14-22)27(32)31-25-15-20-9-5-6-10-21(20)16-26(25)34-28(31)33/h4-14,24-26H,15-17H2,1-3H3/b19-4+. The van der Waals surface area contributed by atoms with Gasteiger partial charge in [-0.25, -0.2) is 14.4 Å². The van der Waals surface area contributed by atoms with Crippen molar-refractivity contribution in [2.75, 3.05) is 0 Å². The van der Waals surface area contributed by atoms with E-state index in [0.717, 1.165) is 22.5 Å². The second-order valence-corrected chi connectivity index (χ2v) is 9.23.